The van der Waals surface area contributed by atoms with Crippen LogP contribution in [-0.4, -0.2) is 68.1 Å². The van der Waals surface area contributed by atoms with Gasteiger partial charge in [0, 0.05) is 51.8 Å². The van der Waals surface area contributed by atoms with Crippen LogP contribution in [0.1, 0.15) is 18.4 Å². The number of benzene rings is 1. The van der Waals surface area contributed by atoms with Gasteiger partial charge in [-0.15, -0.1) is 0 Å². The number of hydrogen-bond donors (Lipinski definition) is 1. The lowest BCUT2D eigenvalue weighted by Gasteiger charge is -2.50. The summed E-state index contributed by atoms with van der Waals surface area (Å²) in [4.78, 5) is 29.2. The highest BCUT2D eigenvalue weighted by Gasteiger charge is 2.57. The number of hydrogen-bond acceptors (Lipinski definition) is 4. The Labute approximate surface area is 160 Å². The van der Waals surface area contributed by atoms with Gasteiger partial charge in [0.25, 0.3) is 0 Å². The van der Waals surface area contributed by atoms with E-state index < -0.39 is 0 Å². The molecule has 0 radical (unpaired) electrons. The predicted molar refractivity (Wildman–Crippen MR) is 102 cm³/mol. The zero-order valence-corrected chi connectivity index (χ0v) is 16.0. The number of likely N-dealkylation sites (tertiary alicyclic amines) is 2. The molecule has 1 aromatic carbocycles. The van der Waals surface area contributed by atoms with E-state index in [-0.39, 0.29) is 29.8 Å². The molecule has 1 N–H and O–H groups in total. The second kappa shape index (κ2) is 7.60. The molecule has 1 aliphatic carbocycles. The third kappa shape index (κ3) is 4.01. The number of rotatable bonds is 7. The summed E-state index contributed by atoms with van der Waals surface area (Å²) < 4.78 is 4.98. The van der Waals surface area contributed by atoms with E-state index >= 15 is 0 Å². The van der Waals surface area contributed by atoms with Crippen LogP contribution in [0.4, 0.5) is 0 Å². The Morgan fingerprint density at radius 2 is 1.93 bits per heavy atom. The molecule has 1 unspecified atom stereocenters. The number of nitrogens with one attached hydrogen (secondary N) is 1. The highest BCUT2D eigenvalue weighted by Crippen LogP contribution is 2.44. The van der Waals surface area contributed by atoms with E-state index in [9.17, 15) is 9.59 Å². The molecule has 1 spiro atoms. The zero-order valence-electron chi connectivity index (χ0n) is 16.0. The Morgan fingerprint density at radius 3 is 2.59 bits per heavy atom. The van der Waals surface area contributed by atoms with Gasteiger partial charge in [0.15, 0.2) is 0 Å². The summed E-state index contributed by atoms with van der Waals surface area (Å²) in [5, 5.41) is 3.17. The molecule has 3 fully saturated rings. The predicted octanol–water partition coefficient (Wildman–Crippen LogP) is 1.12. The van der Waals surface area contributed by atoms with E-state index in [0.29, 0.717) is 19.0 Å². The van der Waals surface area contributed by atoms with Crippen LogP contribution in [0.25, 0.3) is 0 Å². The van der Waals surface area contributed by atoms with Crippen LogP contribution in [0.15, 0.2) is 30.3 Å². The van der Waals surface area contributed by atoms with Crippen LogP contribution in [0.2, 0.25) is 0 Å². The summed E-state index contributed by atoms with van der Waals surface area (Å²) in [6.07, 6.45) is 2.46. The molecular formula is C21H29N3O3. The molecule has 1 atom stereocenters. The number of amides is 2. The lowest BCUT2D eigenvalue weighted by molar-refractivity contribution is -0.152. The first-order chi connectivity index (χ1) is 13.1. The van der Waals surface area contributed by atoms with Crippen molar-refractivity contribution in [1.82, 2.24) is 15.1 Å². The molecular weight excluding hydrogens is 342 g/mol. The molecule has 6 heteroatoms. The van der Waals surface area contributed by atoms with Crippen molar-refractivity contribution in [3.8, 4) is 0 Å². The van der Waals surface area contributed by atoms with E-state index in [1.165, 1.54) is 18.4 Å². The normalized spacial score (nSPS) is 24.0. The number of methoxy groups -OCH3 is 1. The summed E-state index contributed by atoms with van der Waals surface area (Å²) in [5.41, 5.74) is 1.14. The van der Waals surface area contributed by atoms with Gasteiger partial charge in [-0.2, -0.15) is 0 Å². The third-order valence-electron chi connectivity index (χ3n) is 6.18. The minimum absolute atomic E-state index is 0.0155. The van der Waals surface area contributed by atoms with Crippen molar-refractivity contribution in [3.05, 3.63) is 35.9 Å². The minimum Gasteiger partial charge on any atom is -0.375 e. The SMILES string of the molecule is COCC(=O)N1CC2(CN(Cc3ccccc3)CC2C(=O)NCC2CC2)C1. The van der Waals surface area contributed by atoms with Gasteiger partial charge in [-0.3, -0.25) is 14.5 Å². The van der Waals surface area contributed by atoms with Crippen LogP contribution < -0.4 is 5.32 Å². The van der Waals surface area contributed by atoms with Crippen LogP contribution in [0, 0.1) is 17.3 Å². The highest BCUT2D eigenvalue weighted by atomic mass is 16.5. The van der Waals surface area contributed by atoms with E-state index in [1.54, 1.807) is 7.11 Å². The second-order valence-electron chi connectivity index (χ2n) is 8.44. The van der Waals surface area contributed by atoms with Crippen molar-refractivity contribution in [1.29, 1.82) is 0 Å². The summed E-state index contributed by atoms with van der Waals surface area (Å²) in [6, 6.07) is 10.4. The molecule has 2 saturated heterocycles. The highest BCUT2D eigenvalue weighted by molar-refractivity contribution is 5.82. The first-order valence-corrected chi connectivity index (χ1v) is 9.90. The number of nitrogens with zero attached hydrogens (tertiary/aromatic N) is 2. The number of ether oxygens (including phenoxy) is 1. The summed E-state index contributed by atoms with van der Waals surface area (Å²) >= 11 is 0. The molecule has 2 aliphatic heterocycles. The Hall–Kier alpha value is -1.92. The van der Waals surface area contributed by atoms with Crippen molar-refractivity contribution < 1.29 is 14.3 Å². The van der Waals surface area contributed by atoms with Crippen molar-refractivity contribution in [2.45, 2.75) is 19.4 Å². The van der Waals surface area contributed by atoms with E-state index in [4.69, 9.17) is 4.74 Å². The van der Waals surface area contributed by atoms with Gasteiger partial charge in [0.2, 0.25) is 11.8 Å². The smallest absolute Gasteiger partial charge is 0.248 e. The maximum atomic E-state index is 12.9. The summed E-state index contributed by atoms with van der Waals surface area (Å²) in [6.45, 7) is 4.70. The maximum absolute atomic E-state index is 12.9. The third-order valence-corrected chi connectivity index (χ3v) is 6.18. The molecule has 6 nitrogen and oxygen atoms in total. The van der Waals surface area contributed by atoms with Crippen molar-refractivity contribution in [2.75, 3.05) is 46.4 Å². The van der Waals surface area contributed by atoms with Crippen molar-refractivity contribution in [2.24, 2.45) is 17.3 Å². The molecule has 27 heavy (non-hydrogen) atoms. The monoisotopic (exact) mass is 371 g/mol. The van der Waals surface area contributed by atoms with Crippen LogP contribution in [-0.2, 0) is 20.9 Å². The number of carbonyl (C=O) groups is 2. The first kappa shape index (κ1) is 18.4. The van der Waals surface area contributed by atoms with Gasteiger partial charge in [-0.05, 0) is 24.3 Å². The van der Waals surface area contributed by atoms with Crippen LogP contribution >= 0.6 is 0 Å². The number of carbonyl (C=O) groups excluding carboxylic acids is 2. The molecule has 0 bridgehead atoms. The van der Waals surface area contributed by atoms with Gasteiger partial charge in [-0.1, -0.05) is 30.3 Å². The zero-order chi connectivity index (χ0) is 18.9. The lowest BCUT2D eigenvalue weighted by Crippen LogP contribution is -2.64. The van der Waals surface area contributed by atoms with Crippen molar-refractivity contribution >= 4 is 11.8 Å². The van der Waals surface area contributed by atoms with Gasteiger partial charge in [0.05, 0.1) is 5.92 Å². The maximum Gasteiger partial charge on any atom is 0.248 e. The lowest BCUT2D eigenvalue weighted by atomic mass is 9.71. The molecule has 1 aromatic rings. The average Bonchev–Trinajstić information content (AvgIpc) is 3.38. The Morgan fingerprint density at radius 1 is 1.19 bits per heavy atom. The molecule has 3 aliphatic rings. The largest absolute Gasteiger partial charge is 0.375 e. The molecule has 0 aromatic heterocycles. The summed E-state index contributed by atoms with van der Waals surface area (Å²) in [5.74, 6) is 0.803. The fourth-order valence-electron chi connectivity index (χ4n) is 4.51. The van der Waals surface area contributed by atoms with Gasteiger partial charge < -0.3 is 15.0 Å². The molecule has 2 heterocycles. The Bertz CT molecular complexity index is 683. The standard InChI is InChI=1S/C21H29N3O3/c1-27-12-19(25)24-14-21(15-24)13-23(10-17-5-3-2-4-6-17)11-18(21)20(26)22-9-16-7-8-16/h2-6,16,18H,7-15H2,1H3,(H,22,26). The van der Waals surface area contributed by atoms with Crippen molar-refractivity contribution in [3.63, 3.8) is 0 Å². The quantitative estimate of drug-likeness (QED) is 0.780. The minimum atomic E-state index is -0.119. The first-order valence-electron chi connectivity index (χ1n) is 9.90. The molecule has 146 valence electrons. The van der Waals surface area contributed by atoms with Gasteiger partial charge in [-0.25, -0.2) is 0 Å². The van der Waals surface area contributed by atoms with Crippen LogP contribution in [0.5, 0.6) is 0 Å². The van der Waals surface area contributed by atoms with Crippen LogP contribution in [0.3, 0.4) is 0 Å². The van der Waals surface area contributed by atoms with E-state index in [1.807, 2.05) is 11.0 Å². The van der Waals surface area contributed by atoms with Gasteiger partial charge in [0.1, 0.15) is 6.61 Å². The second-order valence-corrected chi connectivity index (χ2v) is 8.44. The fourth-order valence-corrected chi connectivity index (χ4v) is 4.51. The Kier molecular flexibility index (Phi) is 5.19. The molecule has 1 saturated carbocycles. The average molecular weight is 371 g/mol. The van der Waals surface area contributed by atoms with Gasteiger partial charge >= 0.3 is 0 Å². The van der Waals surface area contributed by atoms with E-state index in [0.717, 1.165) is 26.2 Å². The molecule has 2 amide bonds. The summed E-state index contributed by atoms with van der Waals surface area (Å²) in [7, 11) is 1.54. The Balaban J connectivity index is 1.42. The van der Waals surface area contributed by atoms with E-state index in [2.05, 4.69) is 34.5 Å². The topological polar surface area (TPSA) is 61.9 Å². The molecule has 4 rings (SSSR count). The fraction of sp³-hybridized carbons (Fsp3) is 0.619.